The molecule has 32 heavy (non-hydrogen) atoms. The van der Waals surface area contributed by atoms with E-state index in [-0.39, 0.29) is 5.91 Å². The zero-order chi connectivity index (χ0) is 23.9. The van der Waals surface area contributed by atoms with Crippen molar-refractivity contribution in [2.24, 2.45) is 4.99 Å². The number of benzene rings is 2. The lowest BCUT2D eigenvalue weighted by atomic mass is 10.1. The number of nitrogens with one attached hydrogen (secondary N) is 1. The Labute approximate surface area is 186 Å². The quantitative estimate of drug-likeness (QED) is 0.418. The molecule has 0 saturated heterocycles. The number of amides is 1. The number of rotatable bonds is 7. The van der Waals surface area contributed by atoms with Gasteiger partial charge in [-0.1, -0.05) is 24.3 Å². The highest BCUT2D eigenvalue weighted by atomic mass is 19.4. The first-order chi connectivity index (χ1) is 15.0. The third kappa shape index (κ3) is 7.11. The fourth-order valence-corrected chi connectivity index (χ4v) is 2.77. The lowest BCUT2D eigenvalue weighted by Crippen LogP contribution is -2.14. The maximum absolute atomic E-state index is 12.7. The molecule has 0 heterocycles. The third-order valence-electron chi connectivity index (χ3n) is 4.94. The normalized spacial score (nSPS) is 13.5. The van der Waals surface area contributed by atoms with Crippen LogP contribution in [0.5, 0.6) is 5.75 Å². The standard InChI is InChI=1S/C25H27F3N2O2/c1-16(14-24(31)29-5)20-8-12-23(13-9-20)32-15-17(2)18(3)30-19(4)21-6-10-22(11-7-21)25(26,27)28/h6-14H,15H2,1-5H3,(H,29,31)/b16-14+,18-17+,30-19?. The van der Waals surface area contributed by atoms with E-state index in [1.807, 2.05) is 45.0 Å². The summed E-state index contributed by atoms with van der Waals surface area (Å²) in [7, 11) is 1.58. The van der Waals surface area contributed by atoms with Gasteiger partial charge >= 0.3 is 6.18 Å². The molecule has 2 rings (SSSR count). The van der Waals surface area contributed by atoms with Crippen molar-refractivity contribution in [3.63, 3.8) is 0 Å². The topological polar surface area (TPSA) is 50.7 Å². The van der Waals surface area contributed by atoms with Crippen LogP contribution in [0, 0.1) is 0 Å². The number of hydrogen-bond donors (Lipinski definition) is 1. The van der Waals surface area contributed by atoms with Crippen LogP contribution in [0.4, 0.5) is 13.2 Å². The van der Waals surface area contributed by atoms with Gasteiger partial charge < -0.3 is 10.1 Å². The van der Waals surface area contributed by atoms with Gasteiger partial charge in [0.05, 0.1) is 5.56 Å². The summed E-state index contributed by atoms with van der Waals surface area (Å²) in [4.78, 5) is 16.0. The van der Waals surface area contributed by atoms with Crippen LogP contribution in [0.25, 0.3) is 5.57 Å². The van der Waals surface area contributed by atoms with Crippen LogP contribution in [-0.4, -0.2) is 25.3 Å². The number of alkyl halides is 3. The van der Waals surface area contributed by atoms with Gasteiger partial charge in [0.2, 0.25) is 5.91 Å². The van der Waals surface area contributed by atoms with Crippen molar-refractivity contribution in [3.05, 3.63) is 82.6 Å². The molecule has 0 aliphatic rings. The molecular weight excluding hydrogens is 417 g/mol. The number of allylic oxidation sites excluding steroid dienone is 2. The zero-order valence-corrected chi connectivity index (χ0v) is 18.8. The molecule has 0 unspecified atom stereocenters. The maximum Gasteiger partial charge on any atom is 0.416 e. The summed E-state index contributed by atoms with van der Waals surface area (Å²) in [6.07, 6.45) is -2.83. The van der Waals surface area contributed by atoms with Crippen molar-refractivity contribution in [3.8, 4) is 5.75 Å². The van der Waals surface area contributed by atoms with E-state index in [2.05, 4.69) is 10.3 Å². The molecule has 1 N–H and O–H groups in total. The molecule has 0 radical (unpaired) electrons. The number of carbonyl (C=O) groups is 1. The van der Waals surface area contributed by atoms with Crippen LogP contribution in [0.1, 0.15) is 44.4 Å². The van der Waals surface area contributed by atoms with Crippen molar-refractivity contribution in [1.29, 1.82) is 0 Å². The highest BCUT2D eigenvalue weighted by Crippen LogP contribution is 2.29. The molecular formula is C25H27F3N2O2. The van der Waals surface area contributed by atoms with Gasteiger partial charge in [-0.15, -0.1) is 0 Å². The molecule has 4 nitrogen and oxygen atoms in total. The van der Waals surface area contributed by atoms with Crippen LogP contribution in [-0.2, 0) is 11.0 Å². The predicted octanol–water partition coefficient (Wildman–Crippen LogP) is 6.04. The fourth-order valence-electron chi connectivity index (χ4n) is 2.77. The third-order valence-corrected chi connectivity index (χ3v) is 4.94. The maximum atomic E-state index is 12.7. The first-order valence-electron chi connectivity index (χ1n) is 10.0. The SMILES string of the molecule is CNC(=O)/C=C(\C)c1ccc(OC/C(C)=C(\C)N=C(C)c2ccc(C(F)(F)F)cc2)cc1. The minimum absolute atomic E-state index is 0.161. The average Bonchev–Trinajstić information content (AvgIpc) is 2.76. The first-order valence-corrected chi connectivity index (χ1v) is 10.0. The van der Waals surface area contributed by atoms with E-state index in [0.29, 0.717) is 23.6 Å². The second kappa shape index (κ2) is 10.8. The highest BCUT2D eigenvalue weighted by Gasteiger charge is 2.29. The van der Waals surface area contributed by atoms with E-state index in [0.717, 1.165) is 34.5 Å². The van der Waals surface area contributed by atoms with Gasteiger partial charge in [0, 0.05) is 24.5 Å². The summed E-state index contributed by atoms with van der Waals surface area (Å²) < 4.78 is 44.0. The smallest absolute Gasteiger partial charge is 0.416 e. The van der Waals surface area contributed by atoms with Gasteiger partial charge in [-0.2, -0.15) is 13.2 Å². The molecule has 170 valence electrons. The second-order valence-electron chi connectivity index (χ2n) is 7.39. The minimum Gasteiger partial charge on any atom is -0.489 e. The van der Waals surface area contributed by atoms with Crippen molar-refractivity contribution >= 4 is 17.2 Å². The molecule has 0 aromatic heterocycles. The summed E-state index contributed by atoms with van der Waals surface area (Å²) >= 11 is 0. The van der Waals surface area contributed by atoms with Gasteiger partial charge in [0.25, 0.3) is 0 Å². The molecule has 1 amide bonds. The largest absolute Gasteiger partial charge is 0.489 e. The average molecular weight is 444 g/mol. The summed E-state index contributed by atoms with van der Waals surface area (Å²) in [6.45, 7) is 7.67. The number of ether oxygens (including phenoxy) is 1. The molecule has 2 aromatic rings. The van der Waals surface area contributed by atoms with Crippen molar-refractivity contribution in [2.75, 3.05) is 13.7 Å². The van der Waals surface area contributed by atoms with E-state index in [9.17, 15) is 18.0 Å². The Morgan fingerprint density at radius 1 is 0.969 bits per heavy atom. The van der Waals surface area contributed by atoms with Crippen molar-refractivity contribution in [1.82, 2.24) is 5.32 Å². The Morgan fingerprint density at radius 2 is 1.53 bits per heavy atom. The van der Waals surface area contributed by atoms with Crippen LogP contribution in [0.2, 0.25) is 0 Å². The molecule has 0 fully saturated rings. The summed E-state index contributed by atoms with van der Waals surface area (Å²) in [5.74, 6) is 0.517. The number of nitrogens with zero attached hydrogens (tertiary/aromatic N) is 1. The lowest BCUT2D eigenvalue weighted by molar-refractivity contribution is -0.137. The first kappa shape index (κ1) is 24.9. The van der Waals surface area contributed by atoms with E-state index < -0.39 is 11.7 Å². The van der Waals surface area contributed by atoms with Crippen LogP contribution in [0.15, 0.2) is 70.9 Å². The molecule has 7 heteroatoms. The van der Waals surface area contributed by atoms with Gasteiger partial charge in [0.1, 0.15) is 12.4 Å². The Kier molecular flexibility index (Phi) is 8.41. The van der Waals surface area contributed by atoms with Crippen LogP contribution >= 0.6 is 0 Å². The van der Waals surface area contributed by atoms with E-state index in [1.54, 1.807) is 14.0 Å². The van der Waals surface area contributed by atoms with Gasteiger partial charge in [-0.3, -0.25) is 9.79 Å². The monoisotopic (exact) mass is 444 g/mol. The van der Waals surface area contributed by atoms with Gasteiger partial charge in [-0.05, 0) is 74.2 Å². The Bertz CT molecular complexity index is 1030. The highest BCUT2D eigenvalue weighted by molar-refractivity contribution is 5.99. The van der Waals surface area contributed by atoms with Gasteiger partial charge in [-0.25, -0.2) is 0 Å². The number of hydrogen-bond acceptors (Lipinski definition) is 3. The van der Waals surface area contributed by atoms with E-state index in [4.69, 9.17) is 4.74 Å². The summed E-state index contributed by atoms with van der Waals surface area (Å²) in [5, 5.41) is 2.55. The Hall–Kier alpha value is -3.35. The lowest BCUT2D eigenvalue weighted by Gasteiger charge is -2.10. The molecule has 2 aromatic carbocycles. The number of aliphatic imine (C=N–C) groups is 1. The Balaban J connectivity index is 2.04. The number of halogens is 3. The number of carbonyl (C=O) groups excluding carboxylic acids is 1. The van der Waals surface area contributed by atoms with Gasteiger partial charge in [0.15, 0.2) is 0 Å². The van der Waals surface area contributed by atoms with E-state index in [1.165, 1.54) is 18.2 Å². The van der Waals surface area contributed by atoms with Crippen molar-refractivity contribution < 1.29 is 22.7 Å². The van der Waals surface area contributed by atoms with Crippen molar-refractivity contribution in [2.45, 2.75) is 33.9 Å². The van der Waals surface area contributed by atoms with Crippen LogP contribution < -0.4 is 10.1 Å². The predicted molar refractivity (Wildman–Crippen MR) is 122 cm³/mol. The zero-order valence-electron chi connectivity index (χ0n) is 18.8. The minimum atomic E-state index is -4.36. The summed E-state index contributed by atoms with van der Waals surface area (Å²) in [5.41, 5.74) is 3.97. The second-order valence-corrected chi connectivity index (χ2v) is 7.39. The molecule has 0 aliphatic heterocycles. The molecule has 0 spiro atoms. The van der Waals surface area contributed by atoms with E-state index >= 15 is 0 Å². The molecule has 0 bridgehead atoms. The fraction of sp³-hybridized carbons (Fsp3) is 0.280. The molecule has 0 aliphatic carbocycles. The Morgan fingerprint density at radius 3 is 2.06 bits per heavy atom. The summed E-state index contributed by atoms with van der Waals surface area (Å²) in [6, 6.07) is 12.4. The van der Waals surface area contributed by atoms with Crippen LogP contribution in [0.3, 0.4) is 0 Å². The molecule has 0 atom stereocenters. The molecule has 0 saturated carbocycles. The number of likely N-dealkylation sites (N-methyl/N-ethyl adjacent to an activating group) is 1.